The molecule has 1 aliphatic heterocycles. The molecule has 0 saturated heterocycles. The van der Waals surface area contributed by atoms with Gasteiger partial charge in [-0.2, -0.15) is 0 Å². The number of carbonyl (C=O) groups is 2. The summed E-state index contributed by atoms with van der Waals surface area (Å²) in [7, 11) is 4.98. The van der Waals surface area contributed by atoms with Crippen LogP contribution < -0.4 is 4.74 Å². The molecular formula is C23H29BrN2O5. The number of aromatic nitrogens is 1. The lowest BCUT2D eigenvalue weighted by atomic mass is 9.96. The third-order valence-corrected chi connectivity index (χ3v) is 5.91. The van der Waals surface area contributed by atoms with Gasteiger partial charge < -0.3 is 14.2 Å². The summed E-state index contributed by atoms with van der Waals surface area (Å²) in [6.07, 6.45) is 5.98. The van der Waals surface area contributed by atoms with E-state index in [9.17, 15) is 9.59 Å². The number of esters is 1. The standard InChI is InChI=1S/C23H29BrN2O5/c1-23(2,3)31-22(28)26-13-15(20-18(24)10-17(29-5)11-19(20)26)9-16-8-7-14(12-25(16)4)21(27)30-6/h7-8,10-11,13-14,16H,9,12H2,1-6H3/t14-,16+/m1/s1. The second kappa shape index (κ2) is 9.04. The van der Waals surface area contributed by atoms with Crippen LogP contribution in [0.5, 0.6) is 5.75 Å². The molecule has 0 N–H and O–H groups in total. The number of ether oxygens (including phenoxy) is 3. The van der Waals surface area contributed by atoms with Gasteiger partial charge in [0.05, 0.1) is 25.7 Å². The van der Waals surface area contributed by atoms with E-state index in [1.54, 1.807) is 7.11 Å². The summed E-state index contributed by atoms with van der Waals surface area (Å²) >= 11 is 3.64. The third kappa shape index (κ3) is 5.13. The molecule has 0 amide bonds. The summed E-state index contributed by atoms with van der Waals surface area (Å²) in [4.78, 5) is 26.9. The highest BCUT2D eigenvalue weighted by Gasteiger charge is 2.28. The monoisotopic (exact) mass is 492 g/mol. The maximum absolute atomic E-state index is 12.9. The second-order valence-corrected chi connectivity index (χ2v) is 9.59. The fourth-order valence-electron chi connectivity index (χ4n) is 3.77. The van der Waals surface area contributed by atoms with Crippen LogP contribution in [0.1, 0.15) is 26.3 Å². The minimum absolute atomic E-state index is 0.0765. The van der Waals surface area contributed by atoms with Crippen LogP contribution in [0.4, 0.5) is 4.79 Å². The lowest BCUT2D eigenvalue weighted by Crippen LogP contribution is -2.41. The molecule has 0 spiro atoms. The largest absolute Gasteiger partial charge is 0.497 e. The fraction of sp³-hybridized carbons (Fsp3) is 0.478. The molecule has 1 aliphatic rings. The normalized spacial score (nSPS) is 19.5. The van der Waals surface area contributed by atoms with Crippen molar-refractivity contribution >= 4 is 38.9 Å². The Labute approximate surface area is 191 Å². The maximum Gasteiger partial charge on any atom is 0.419 e. The lowest BCUT2D eigenvalue weighted by molar-refractivity contribution is -0.144. The molecular weight excluding hydrogens is 464 g/mol. The van der Waals surface area contributed by atoms with Gasteiger partial charge in [-0.3, -0.25) is 14.3 Å². The van der Waals surface area contributed by atoms with Crippen molar-refractivity contribution in [2.24, 2.45) is 5.92 Å². The SMILES string of the molecule is COC(=O)[C@@H]1C=C[C@@H](Cc2cn(C(=O)OC(C)(C)C)c3cc(OC)cc(Br)c23)N(C)C1. The molecule has 8 heteroatoms. The number of benzene rings is 1. The third-order valence-electron chi connectivity index (χ3n) is 5.28. The molecule has 0 radical (unpaired) electrons. The van der Waals surface area contributed by atoms with Gasteiger partial charge in [0.15, 0.2) is 0 Å². The van der Waals surface area contributed by atoms with E-state index in [0.717, 1.165) is 15.4 Å². The molecule has 3 rings (SSSR count). The van der Waals surface area contributed by atoms with Crippen LogP contribution in [0.15, 0.2) is 35.0 Å². The van der Waals surface area contributed by atoms with Gasteiger partial charge in [-0.05, 0) is 61.8 Å². The summed E-state index contributed by atoms with van der Waals surface area (Å²) < 4.78 is 18.3. The minimum atomic E-state index is -0.612. The van der Waals surface area contributed by atoms with E-state index >= 15 is 0 Å². The van der Waals surface area contributed by atoms with Crippen molar-refractivity contribution in [3.8, 4) is 5.75 Å². The van der Waals surface area contributed by atoms with Gasteiger partial charge in [-0.1, -0.05) is 12.2 Å². The number of carbonyl (C=O) groups excluding carboxylic acids is 2. The van der Waals surface area contributed by atoms with Gasteiger partial charge in [-0.25, -0.2) is 4.79 Å². The Morgan fingerprint density at radius 2 is 1.90 bits per heavy atom. The zero-order chi connectivity index (χ0) is 22.9. The summed E-state index contributed by atoms with van der Waals surface area (Å²) in [5, 5.41) is 0.934. The number of rotatable bonds is 4. The molecule has 1 aromatic heterocycles. The molecule has 7 nitrogen and oxygen atoms in total. The smallest absolute Gasteiger partial charge is 0.419 e. The van der Waals surface area contributed by atoms with Crippen LogP contribution in [0, 0.1) is 5.92 Å². The quantitative estimate of drug-likeness (QED) is 0.465. The molecule has 0 saturated carbocycles. The van der Waals surface area contributed by atoms with Gasteiger partial charge >= 0.3 is 12.1 Å². The molecule has 2 atom stereocenters. The molecule has 0 unspecified atom stereocenters. The van der Waals surface area contributed by atoms with E-state index in [0.29, 0.717) is 24.2 Å². The Hall–Kier alpha value is -2.32. The van der Waals surface area contributed by atoms with Crippen LogP contribution in [-0.2, 0) is 20.7 Å². The number of likely N-dealkylation sites (N-methyl/N-ethyl adjacent to an activating group) is 1. The molecule has 1 aromatic carbocycles. The van der Waals surface area contributed by atoms with Crippen LogP contribution in [0.2, 0.25) is 0 Å². The highest BCUT2D eigenvalue weighted by atomic mass is 79.9. The first-order valence-corrected chi connectivity index (χ1v) is 10.9. The summed E-state index contributed by atoms with van der Waals surface area (Å²) in [6, 6.07) is 3.80. The molecule has 2 aromatic rings. The fourth-order valence-corrected chi connectivity index (χ4v) is 4.45. The number of fused-ring (bicyclic) bond motifs is 1. The average Bonchev–Trinajstić information content (AvgIpc) is 3.06. The van der Waals surface area contributed by atoms with E-state index in [1.807, 2.05) is 58.3 Å². The maximum atomic E-state index is 12.9. The minimum Gasteiger partial charge on any atom is -0.497 e. The van der Waals surface area contributed by atoms with Gasteiger partial charge in [0.1, 0.15) is 11.4 Å². The molecule has 2 heterocycles. The number of halogens is 1. The van der Waals surface area contributed by atoms with Crippen molar-refractivity contribution in [3.63, 3.8) is 0 Å². The predicted octanol–water partition coefficient (Wildman–Crippen LogP) is 4.40. The first-order valence-electron chi connectivity index (χ1n) is 10.1. The predicted molar refractivity (Wildman–Crippen MR) is 123 cm³/mol. The Balaban J connectivity index is 2.01. The van der Waals surface area contributed by atoms with Gasteiger partial charge in [-0.15, -0.1) is 0 Å². The summed E-state index contributed by atoms with van der Waals surface area (Å²) in [5.41, 5.74) is 1.10. The lowest BCUT2D eigenvalue weighted by Gasteiger charge is -2.31. The molecule has 0 bridgehead atoms. The number of nitrogens with zero attached hydrogens (tertiary/aromatic N) is 2. The number of hydrogen-bond acceptors (Lipinski definition) is 6. The highest BCUT2D eigenvalue weighted by molar-refractivity contribution is 9.10. The first kappa shape index (κ1) is 23.3. The van der Waals surface area contributed by atoms with Crippen molar-refractivity contribution in [1.29, 1.82) is 0 Å². The average molecular weight is 493 g/mol. The highest BCUT2D eigenvalue weighted by Crippen LogP contribution is 2.35. The summed E-state index contributed by atoms with van der Waals surface area (Å²) in [6.45, 7) is 6.10. The molecule has 0 aliphatic carbocycles. The Bertz CT molecular complexity index is 1020. The van der Waals surface area contributed by atoms with Crippen molar-refractivity contribution < 1.29 is 23.8 Å². The Morgan fingerprint density at radius 1 is 1.19 bits per heavy atom. The first-order chi connectivity index (χ1) is 14.5. The van der Waals surface area contributed by atoms with Crippen molar-refractivity contribution in [2.75, 3.05) is 27.8 Å². The van der Waals surface area contributed by atoms with Gasteiger partial charge in [0.25, 0.3) is 0 Å². The van der Waals surface area contributed by atoms with Gasteiger partial charge in [0.2, 0.25) is 0 Å². The van der Waals surface area contributed by atoms with E-state index in [1.165, 1.54) is 11.7 Å². The topological polar surface area (TPSA) is 70.0 Å². The van der Waals surface area contributed by atoms with E-state index in [-0.39, 0.29) is 17.9 Å². The summed E-state index contributed by atoms with van der Waals surface area (Å²) in [5.74, 6) is 0.132. The van der Waals surface area contributed by atoms with Crippen molar-refractivity contribution in [3.05, 3.63) is 40.5 Å². The molecule has 31 heavy (non-hydrogen) atoms. The van der Waals surface area contributed by atoms with Crippen molar-refractivity contribution in [2.45, 2.75) is 38.8 Å². The van der Waals surface area contributed by atoms with E-state index in [2.05, 4.69) is 20.8 Å². The van der Waals surface area contributed by atoms with Crippen LogP contribution in [-0.4, -0.2) is 61.0 Å². The van der Waals surface area contributed by atoms with Crippen LogP contribution in [0.3, 0.4) is 0 Å². The van der Waals surface area contributed by atoms with Crippen LogP contribution in [0.25, 0.3) is 10.9 Å². The van der Waals surface area contributed by atoms with Crippen LogP contribution >= 0.6 is 15.9 Å². The second-order valence-electron chi connectivity index (χ2n) is 8.73. The number of methoxy groups -OCH3 is 2. The Kier molecular flexibility index (Phi) is 6.81. The van der Waals surface area contributed by atoms with E-state index < -0.39 is 11.7 Å². The zero-order valence-corrected chi connectivity index (χ0v) is 20.4. The number of hydrogen-bond donors (Lipinski definition) is 0. The van der Waals surface area contributed by atoms with E-state index in [4.69, 9.17) is 14.2 Å². The zero-order valence-electron chi connectivity index (χ0n) is 18.8. The van der Waals surface area contributed by atoms with Crippen molar-refractivity contribution in [1.82, 2.24) is 9.47 Å². The molecule has 168 valence electrons. The molecule has 0 fully saturated rings. The van der Waals surface area contributed by atoms with Gasteiger partial charge in [0, 0.05) is 34.7 Å². The Morgan fingerprint density at radius 3 is 2.48 bits per heavy atom.